The third-order valence-corrected chi connectivity index (χ3v) is 6.63. The van der Waals surface area contributed by atoms with E-state index in [0.29, 0.717) is 0 Å². The summed E-state index contributed by atoms with van der Waals surface area (Å²) in [7, 11) is 0. The van der Waals surface area contributed by atoms with Gasteiger partial charge in [-0.2, -0.15) is 0 Å². The van der Waals surface area contributed by atoms with Crippen LogP contribution < -0.4 is 0 Å². The second-order valence-corrected chi connectivity index (χ2v) is 8.53. The summed E-state index contributed by atoms with van der Waals surface area (Å²) in [6, 6.07) is 0. The maximum absolute atomic E-state index is 3.85. The van der Waals surface area contributed by atoms with Gasteiger partial charge in [-0.1, -0.05) is 64.5 Å². The Balaban J connectivity index is 0.000000135. The zero-order valence-electron chi connectivity index (χ0n) is 15.5. The standard InChI is InChI=1S/C11H20.C6H10.C5H10/c1-2-10-5-8-11(9-10)6-3-4-7-11;1-6-4-2-3-5-6;1-2-5-3-4-5/h10H,2-9H2,1H3;1-5H2;5H,2-4H2,1H3. The lowest BCUT2D eigenvalue weighted by Gasteiger charge is -2.22. The van der Waals surface area contributed by atoms with E-state index in [1.54, 1.807) is 25.7 Å². The Morgan fingerprint density at radius 2 is 1.41 bits per heavy atom. The van der Waals surface area contributed by atoms with Crippen molar-refractivity contribution in [3.63, 3.8) is 0 Å². The summed E-state index contributed by atoms with van der Waals surface area (Å²) in [5, 5.41) is 0. The predicted molar refractivity (Wildman–Crippen MR) is 99.2 cm³/mol. The molecule has 1 spiro atoms. The Bertz CT molecular complexity index is 309. The summed E-state index contributed by atoms with van der Waals surface area (Å²) in [6.07, 6.45) is 22.1. The van der Waals surface area contributed by atoms with E-state index in [1.165, 1.54) is 76.2 Å². The lowest BCUT2D eigenvalue weighted by Crippen LogP contribution is -2.10. The minimum absolute atomic E-state index is 0.862. The Hall–Kier alpha value is -0.260. The molecule has 0 amide bonds. The van der Waals surface area contributed by atoms with E-state index in [2.05, 4.69) is 20.4 Å². The zero-order valence-corrected chi connectivity index (χ0v) is 15.5. The SMILES string of the molecule is C=C1CCCC1.CCC1CC1.CCC1CCC2(CCCC2)C1. The summed E-state index contributed by atoms with van der Waals surface area (Å²) in [5.41, 5.74) is 2.32. The smallest absolute Gasteiger partial charge is 0.0295 e. The highest BCUT2D eigenvalue weighted by molar-refractivity contribution is 4.98. The molecule has 4 rings (SSSR count). The molecule has 0 heterocycles. The van der Waals surface area contributed by atoms with Crippen molar-refractivity contribution in [1.82, 2.24) is 0 Å². The molecule has 0 nitrogen and oxygen atoms in total. The van der Waals surface area contributed by atoms with Crippen molar-refractivity contribution in [2.45, 2.75) is 110 Å². The monoisotopic (exact) mass is 304 g/mol. The largest absolute Gasteiger partial charge is 0.0999 e. The van der Waals surface area contributed by atoms with Gasteiger partial charge in [-0.25, -0.2) is 0 Å². The molecule has 0 radical (unpaired) electrons. The fourth-order valence-corrected chi connectivity index (χ4v) is 4.66. The van der Waals surface area contributed by atoms with Crippen LogP contribution in [-0.2, 0) is 0 Å². The molecule has 0 aromatic rings. The van der Waals surface area contributed by atoms with Gasteiger partial charge in [0.1, 0.15) is 0 Å². The van der Waals surface area contributed by atoms with Crippen LogP contribution in [0.2, 0.25) is 0 Å². The van der Waals surface area contributed by atoms with Gasteiger partial charge in [-0.3, -0.25) is 0 Å². The third-order valence-electron chi connectivity index (χ3n) is 6.63. The van der Waals surface area contributed by atoms with E-state index >= 15 is 0 Å². The molecule has 4 aliphatic rings. The fraction of sp³-hybridized carbons (Fsp3) is 0.909. The molecule has 0 aliphatic heterocycles. The van der Waals surface area contributed by atoms with Crippen LogP contribution in [0.1, 0.15) is 110 Å². The van der Waals surface area contributed by atoms with Crippen LogP contribution in [-0.4, -0.2) is 0 Å². The molecule has 1 unspecified atom stereocenters. The van der Waals surface area contributed by atoms with Gasteiger partial charge < -0.3 is 0 Å². The van der Waals surface area contributed by atoms with Crippen molar-refractivity contribution in [2.75, 3.05) is 0 Å². The first-order valence-electron chi connectivity index (χ1n) is 10.3. The fourth-order valence-electron chi connectivity index (χ4n) is 4.66. The van der Waals surface area contributed by atoms with E-state index in [0.717, 1.165) is 17.3 Å². The van der Waals surface area contributed by atoms with Crippen molar-refractivity contribution < 1.29 is 0 Å². The first-order chi connectivity index (χ1) is 10.7. The van der Waals surface area contributed by atoms with E-state index < -0.39 is 0 Å². The minimum Gasteiger partial charge on any atom is -0.0999 e. The molecule has 0 aromatic carbocycles. The molecule has 4 aliphatic carbocycles. The Labute approximate surface area is 140 Å². The molecule has 4 saturated carbocycles. The lowest BCUT2D eigenvalue weighted by molar-refractivity contribution is 0.293. The van der Waals surface area contributed by atoms with Gasteiger partial charge in [-0.15, -0.1) is 0 Å². The van der Waals surface area contributed by atoms with Gasteiger partial charge in [-0.05, 0) is 75.0 Å². The van der Waals surface area contributed by atoms with Crippen LogP contribution in [0.5, 0.6) is 0 Å². The highest BCUT2D eigenvalue weighted by Crippen LogP contribution is 2.53. The van der Waals surface area contributed by atoms with Crippen molar-refractivity contribution in [3.8, 4) is 0 Å². The highest BCUT2D eigenvalue weighted by Gasteiger charge is 2.39. The maximum Gasteiger partial charge on any atom is -0.0295 e. The summed E-state index contributed by atoms with van der Waals surface area (Å²) < 4.78 is 0. The topological polar surface area (TPSA) is 0 Å². The normalized spacial score (nSPS) is 29.0. The first kappa shape index (κ1) is 18.1. The van der Waals surface area contributed by atoms with Crippen LogP contribution in [0.3, 0.4) is 0 Å². The van der Waals surface area contributed by atoms with E-state index in [4.69, 9.17) is 0 Å². The number of hydrogen-bond donors (Lipinski definition) is 0. The van der Waals surface area contributed by atoms with Crippen LogP contribution in [0.25, 0.3) is 0 Å². The average molecular weight is 305 g/mol. The average Bonchev–Trinajstić information content (AvgIpc) is 2.92. The van der Waals surface area contributed by atoms with E-state index in [1.807, 2.05) is 0 Å². The first-order valence-corrected chi connectivity index (χ1v) is 10.3. The molecule has 4 fully saturated rings. The molecule has 0 saturated heterocycles. The summed E-state index contributed by atoms with van der Waals surface area (Å²) in [4.78, 5) is 0. The van der Waals surface area contributed by atoms with Gasteiger partial charge in [0.2, 0.25) is 0 Å². The van der Waals surface area contributed by atoms with E-state index in [9.17, 15) is 0 Å². The van der Waals surface area contributed by atoms with Crippen molar-refractivity contribution >= 4 is 0 Å². The van der Waals surface area contributed by atoms with Crippen LogP contribution in [0.4, 0.5) is 0 Å². The zero-order chi connectivity index (χ0) is 15.8. The van der Waals surface area contributed by atoms with Gasteiger partial charge in [0.05, 0.1) is 0 Å². The molecule has 1 atom stereocenters. The summed E-state index contributed by atoms with van der Waals surface area (Å²) >= 11 is 0. The molecule has 22 heavy (non-hydrogen) atoms. The van der Waals surface area contributed by atoms with Gasteiger partial charge in [0, 0.05) is 0 Å². The van der Waals surface area contributed by atoms with Gasteiger partial charge in [0.25, 0.3) is 0 Å². The maximum atomic E-state index is 3.85. The van der Waals surface area contributed by atoms with Crippen LogP contribution >= 0.6 is 0 Å². The number of hydrogen-bond acceptors (Lipinski definition) is 0. The van der Waals surface area contributed by atoms with Crippen molar-refractivity contribution in [2.24, 2.45) is 17.3 Å². The quantitative estimate of drug-likeness (QED) is 0.459. The summed E-state index contributed by atoms with van der Waals surface area (Å²) in [5.74, 6) is 2.23. The Morgan fingerprint density at radius 1 is 0.818 bits per heavy atom. The van der Waals surface area contributed by atoms with Gasteiger partial charge in [0.15, 0.2) is 0 Å². The molecule has 0 N–H and O–H groups in total. The van der Waals surface area contributed by atoms with E-state index in [-0.39, 0.29) is 0 Å². The molecular formula is C22H40. The highest BCUT2D eigenvalue weighted by atomic mass is 14.4. The number of allylic oxidation sites excluding steroid dienone is 1. The molecular weight excluding hydrogens is 264 g/mol. The second kappa shape index (κ2) is 9.14. The van der Waals surface area contributed by atoms with Crippen LogP contribution in [0.15, 0.2) is 12.2 Å². The minimum atomic E-state index is 0.862. The Morgan fingerprint density at radius 3 is 1.73 bits per heavy atom. The van der Waals surface area contributed by atoms with Gasteiger partial charge >= 0.3 is 0 Å². The summed E-state index contributed by atoms with van der Waals surface area (Å²) in [6.45, 7) is 8.48. The molecule has 0 heteroatoms. The van der Waals surface area contributed by atoms with Crippen LogP contribution in [0, 0.1) is 17.3 Å². The second-order valence-electron chi connectivity index (χ2n) is 8.53. The molecule has 0 bridgehead atoms. The lowest BCUT2D eigenvalue weighted by atomic mass is 9.83. The van der Waals surface area contributed by atoms with Crippen molar-refractivity contribution in [1.29, 1.82) is 0 Å². The predicted octanol–water partition coefficient (Wildman–Crippen LogP) is 7.68. The molecule has 0 aromatic heterocycles. The van der Waals surface area contributed by atoms with Crippen molar-refractivity contribution in [3.05, 3.63) is 12.2 Å². The molecule has 128 valence electrons. The Kier molecular flexibility index (Phi) is 7.51. The third kappa shape index (κ3) is 6.09. The number of rotatable bonds is 2.